The molecule has 1 heterocycles. The average molecular weight is 726 g/mol. The van der Waals surface area contributed by atoms with Crippen LogP contribution in [0.1, 0.15) is 22.3 Å². The lowest BCUT2D eigenvalue weighted by atomic mass is 9.58. The summed E-state index contributed by atoms with van der Waals surface area (Å²) in [6.45, 7) is 0. The molecule has 1 atom stereocenters. The standard InChI is InChI=1S/C55H35NO/c1-2-15-37(16-3-1)44-32-29-38-17-6-7-21-43(38)54(44)56(41-30-28-36-14-4-5-18-40(36)34-41)42-31-33-49-52(35-42)57-51-27-11-10-25-48(51)55(49)47-24-9-8-22-45(47)46-23-12-19-39-20-13-26-50(55)53(39)46/h1-35H. The summed E-state index contributed by atoms with van der Waals surface area (Å²) in [6.07, 6.45) is 0. The number of ether oxygens (including phenoxy) is 1. The van der Waals surface area contributed by atoms with Crippen LogP contribution in [0.5, 0.6) is 11.5 Å². The smallest absolute Gasteiger partial charge is 0.134 e. The van der Waals surface area contributed by atoms with Crippen LogP contribution < -0.4 is 9.64 Å². The molecule has 2 nitrogen and oxygen atoms in total. The van der Waals surface area contributed by atoms with E-state index in [9.17, 15) is 0 Å². The second-order valence-electron chi connectivity index (χ2n) is 15.2. The van der Waals surface area contributed by atoms with E-state index in [1.165, 1.54) is 54.6 Å². The van der Waals surface area contributed by atoms with Crippen molar-refractivity contribution < 1.29 is 4.74 Å². The molecule has 1 unspecified atom stereocenters. The van der Waals surface area contributed by atoms with Crippen LogP contribution in [-0.4, -0.2) is 0 Å². The van der Waals surface area contributed by atoms with Crippen LogP contribution in [0, 0.1) is 0 Å². The summed E-state index contributed by atoms with van der Waals surface area (Å²) in [5.74, 6) is 1.73. The van der Waals surface area contributed by atoms with Crippen molar-refractivity contribution in [3.8, 4) is 33.8 Å². The summed E-state index contributed by atoms with van der Waals surface area (Å²) in [6, 6.07) is 77.5. The summed E-state index contributed by atoms with van der Waals surface area (Å²) in [5, 5.41) is 7.30. The molecule has 0 fully saturated rings. The minimum absolute atomic E-state index is 0.602. The van der Waals surface area contributed by atoms with Crippen molar-refractivity contribution in [2.24, 2.45) is 0 Å². The Balaban J connectivity index is 1.18. The van der Waals surface area contributed by atoms with Gasteiger partial charge in [0.2, 0.25) is 0 Å². The highest BCUT2D eigenvalue weighted by atomic mass is 16.5. The molecule has 12 rings (SSSR count). The number of nitrogens with zero attached hydrogens (tertiary/aromatic N) is 1. The highest BCUT2D eigenvalue weighted by Gasteiger charge is 2.49. The Bertz CT molecular complexity index is 3230. The third-order valence-corrected chi connectivity index (χ3v) is 12.3. The number of hydrogen-bond acceptors (Lipinski definition) is 2. The molecule has 2 heteroatoms. The Morgan fingerprint density at radius 2 is 0.965 bits per heavy atom. The van der Waals surface area contributed by atoms with Crippen molar-refractivity contribution in [1.29, 1.82) is 0 Å². The quantitative estimate of drug-likeness (QED) is 0.179. The molecule has 0 saturated heterocycles. The largest absolute Gasteiger partial charge is 0.457 e. The molecule has 266 valence electrons. The van der Waals surface area contributed by atoms with Crippen LogP contribution in [0.3, 0.4) is 0 Å². The van der Waals surface area contributed by atoms with Gasteiger partial charge in [0.05, 0.1) is 11.1 Å². The van der Waals surface area contributed by atoms with Crippen LogP contribution in [0.4, 0.5) is 17.1 Å². The van der Waals surface area contributed by atoms with Gasteiger partial charge in [-0.1, -0.05) is 182 Å². The van der Waals surface area contributed by atoms with Crippen molar-refractivity contribution in [2.45, 2.75) is 5.41 Å². The van der Waals surface area contributed by atoms with E-state index >= 15 is 0 Å². The number of rotatable bonds is 4. The lowest BCUT2D eigenvalue weighted by Crippen LogP contribution is -2.36. The monoisotopic (exact) mass is 725 g/mol. The first kappa shape index (κ1) is 31.9. The lowest BCUT2D eigenvalue weighted by molar-refractivity contribution is 0.435. The van der Waals surface area contributed by atoms with Crippen LogP contribution in [-0.2, 0) is 5.41 Å². The first-order valence-electron chi connectivity index (χ1n) is 19.7. The van der Waals surface area contributed by atoms with Gasteiger partial charge in [-0.25, -0.2) is 0 Å². The van der Waals surface area contributed by atoms with Crippen molar-refractivity contribution >= 4 is 49.4 Å². The molecule has 0 N–H and O–H groups in total. The molecule has 57 heavy (non-hydrogen) atoms. The topological polar surface area (TPSA) is 12.5 Å². The van der Waals surface area contributed by atoms with Crippen molar-refractivity contribution in [3.63, 3.8) is 0 Å². The molecule has 2 aliphatic rings. The predicted molar refractivity (Wildman–Crippen MR) is 236 cm³/mol. The molecule has 1 spiro atoms. The van der Waals surface area contributed by atoms with E-state index in [2.05, 4.69) is 217 Å². The summed E-state index contributed by atoms with van der Waals surface area (Å²) in [7, 11) is 0. The van der Waals surface area contributed by atoms with E-state index in [-0.39, 0.29) is 0 Å². The van der Waals surface area contributed by atoms with E-state index in [0.717, 1.165) is 50.8 Å². The summed E-state index contributed by atoms with van der Waals surface area (Å²) in [4.78, 5) is 2.44. The van der Waals surface area contributed by atoms with Crippen LogP contribution in [0.15, 0.2) is 212 Å². The van der Waals surface area contributed by atoms with E-state index < -0.39 is 5.41 Å². The zero-order valence-corrected chi connectivity index (χ0v) is 31.1. The average Bonchev–Trinajstić information content (AvgIpc) is 3.28. The molecule has 0 radical (unpaired) electrons. The van der Waals surface area contributed by atoms with Crippen LogP contribution >= 0.6 is 0 Å². The third-order valence-electron chi connectivity index (χ3n) is 12.3. The second-order valence-corrected chi connectivity index (χ2v) is 15.2. The van der Waals surface area contributed by atoms with Gasteiger partial charge in [0, 0.05) is 39.5 Å². The van der Waals surface area contributed by atoms with Gasteiger partial charge in [-0.15, -0.1) is 0 Å². The van der Waals surface area contributed by atoms with Crippen molar-refractivity contribution in [1.82, 2.24) is 0 Å². The normalized spacial score (nSPS) is 14.9. The highest BCUT2D eigenvalue weighted by molar-refractivity contribution is 6.08. The molecular formula is C55H35NO. The number of fused-ring (bicyclic) bond motifs is 10. The van der Waals surface area contributed by atoms with Crippen LogP contribution in [0.2, 0.25) is 0 Å². The van der Waals surface area contributed by atoms with Gasteiger partial charge >= 0.3 is 0 Å². The maximum absolute atomic E-state index is 7.11. The maximum Gasteiger partial charge on any atom is 0.134 e. The fourth-order valence-corrected chi connectivity index (χ4v) is 9.89. The minimum atomic E-state index is -0.602. The zero-order chi connectivity index (χ0) is 37.5. The van der Waals surface area contributed by atoms with E-state index in [1.807, 2.05) is 0 Å². The number of para-hydroxylation sites is 1. The molecule has 1 aliphatic carbocycles. The summed E-state index contributed by atoms with van der Waals surface area (Å²) >= 11 is 0. The summed E-state index contributed by atoms with van der Waals surface area (Å²) < 4.78 is 7.11. The van der Waals surface area contributed by atoms with Crippen LogP contribution in [0.25, 0.3) is 54.6 Å². The molecule has 10 aromatic carbocycles. The molecule has 10 aromatic rings. The first-order chi connectivity index (χ1) is 28.3. The van der Waals surface area contributed by atoms with Gasteiger partial charge in [0.1, 0.15) is 11.5 Å². The fourth-order valence-electron chi connectivity index (χ4n) is 9.89. The number of anilines is 3. The lowest BCUT2D eigenvalue weighted by Gasteiger charge is -2.45. The van der Waals surface area contributed by atoms with Crippen molar-refractivity contribution in [2.75, 3.05) is 4.90 Å². The van der Waals surface area contributed by atoms with Gasteiger partial charge in [-0.05, 0) is 79.0 Å². The number of benzene rings is 10. The highest BCUT2D eigenvalue weighted by Crippen LogP contribution is 2.62. The Morgan fingerprint density at radius 3 is 1.86 bits per heavy atom. The zero-order valence-electron chi connectivity index (χ0n) is 31.1. The van der Waals surface area contributed by atoms with E-state index in [4.69, 9.17) is 4.74 Å². The minimum Gasteiger partial charge on any atom is -0.457 e. The Kier molecular flexibility index (Phi) is 6.88. The fraction of sp³-hybridized carbons (Fsp3) is 0.0182. The third kappa shape index (κ3) is 4.59. The SMILES string of the molecule is c1ccc(-c2ccc3ccccc3c2N(c2ccc3c(c2)Oc2ccccc2C32c3ccccc3-c3cccc4cccc2c34)c2ccc3ccccc3c2)cc1. The molecular weight excluding hydrogens is 691 g/mol. The Morgan fingerprint density at radius 1 is 0.351 bits per heavy atom. The summed E-state index contributed by atoms with van der Waals surface area (Å²) in [5.41, 5.74) is 12.3. The Labute approximate surface area is 331 Å². The molecule has 0 amide bonds. The Hall–Kier alpha value is -7.42. The number of hydrogen-bond donors (Lipinski definition) is 0. The van der Waals surface area contributed by atoms with Gasteiger partial charge in [0.15, 0.2) is 0 Å². The van der Waals surface area contributed by atoms with Gasteiger partial charge in [-0.2, -0.15) is 0 Å². The maximum atomic E-state index is 7.11. The van der Waals surface area contributed by atoms with Gasteiger partial charge < -0.3 is 9.64 Å². The molecule has 1 aliphatic heterocycles. The van der Waals surface area contributed by atoms with Crippen molar-refractivity contribution in [3.05, 3.63) is 235 Å². The van der Waals surface area contributed by atoms with E-state index in [0.29, 0.717) is 0 Å². The molecule has 0 aromatic heterocycles. The second kappa shape index (κ2) is 12.3. The van der Waals surface area contributed by atoms with Gasteiger partial charge in [0.25, 0.3) is 0 Å². The van der Waals surface area contributed by atoms with E-state index in [1.54, 1.807) is 0 Å². The predicted octanol–water partition coefficient (Wildman–Crippen LogP) is 14.8. The first-order valence-corrected chi connectivity index (χ1v) is 19.7. The molecule has 0 saturated carbocycles. The molecule has 0 bridgehead atoms. The van der Waals surface area contributed by atoms with Gasteiger partial charge in [-0.3, -0.25) is 0 Å².